The molecule has 3 aromatic rings. The number of hydrogen-bond donors (Lipinski definition) is 1. The molecule has 0 saturated carbocycles. The zero-order valence-corrected chi connectivity index (χ0v) is 14.3. The second kappa shape index (κ2) is 7.24. The minimum atomic E-state index is -0.482. The molecule has 0 bridgehead atoms. The molecule has 0 fully saturated rings. The lowest BCUT2D eigenvalue weighted by Crippen LogP contribution is -2.14. The first-order valence-electron chi connectivity index (χ1n) is 7.44. The fourth-order valence-corrected chi connectivity index (χ4v) is 2.57. The predicted molar refractivity (Wildman–Crippen MR) is 96.2 cm³/mol. The third kappa shape index (κ3) is 3.50. The SMILES string of the molecule is COc1c(Cl)cccc1NC(=O)c1ccn(-c2ccc([N+](=O)[O-])cc2)n1. The molecule has 0 aliphatic rings. The molecule has 1 aromatic heterocycles. The molecule has 0 atom stereocenters. The fourth-order valence-electron chi connectivity index (χ4n) is 2.32. The van der Waals surface area contributed by atoms with E-state index in [0.717, 1.165) is 0 Å². The maximum Gasteiger partial charge on any atom is 0.276 e. The number of non-ortho nitro benzene ring substituents is 1. The van der Waals surface area contributed by atoms with E-state index >= 15 is 0 Å². The number of aromatic nitrogens is 2. The number of rotatable bonds is 5. The van der Waals surface area contributed by atoms with Crippen molar-refractivity contribution in [3.8, 4) is 11.4 Å². The largest absolute Gasteiger partial charge is 0.493 e. The van der Waals surface area contributed by atoms with Crippen molar-refractivity contribution >= 4 is 28.9 Å². The summed E-state index contributed by atoms with van der Waals surface area (Å²) in [5.74, 6) is -0.0800. The Kier molecular flexibility index (Phi) is 4.85. The van der Waals surface area contributed by atoms with E-state index in [4.69, 9.17) is 16.3 Å². The number of benzene rings is 2. The van der Waals surface area contributed by atoms with Gasteiger partial charge in [0, 0.05) is 18.3 Å². The summed E-state index contributed by atoms with van der Waals surface area (Å²) in [6.45, 7) is 0. The highest BCUT2D eigenvalue weighted by Gasteiger charge is 2.15. The van der Waals surface area contributed by atoms with Crippen molar-refractivity contribution in [3.05, 3.63) is 75.6 Å². The Balaban J connectivity index is 1.80. The van der Waals surface area contributed by atoms with Gasteiger partial charge in [-0.05, 0) is 30.3 Å². The molecule has 0 saturated heterocycles. The van der Waals surface area contributed by atoms with Crippen molar-refractivity contribution < 1.29 is 14.5 Å². The van der Waals surface area contributed by atoms with Gasteiger partial charge in [-0.15, -0.1) is 0 Å². The molecule has 1 heterocycles. The minimum Gasteiger partial charge on any atom is -0.493 e. The van der Waals surface area contributed by atoms with Crippen molar-refractivity contribution in [2.45, 2.75) is 0 Å². The quantitative estimate of drug-likeness (QED) is 0.543. The molecule has 9 heteroatoms. The van der Waals surface area contributed by atoms with Gasteiger partial charge in [-0.1, -0.05) is 17.7 Å². The number of amides is 1. The molecule has 0 unspecified atom stereocenters. The van der Waals surface area contributed by atoms with Crippen LogP contribution in [0.5, 0.6) is 5.75 Å². The number of hydrogen-bond acceptors (Lipinski definition) is 5. The van der Waals surface area contributed by atoms with Crippen LogP contribution in [-0.2, 0) is 0 Å². The summed E-state index contributed by atoms with van der Waals surface area (Å²) in [7, 11) is 1.46. The molecule has 26 heavy (non-hydrogen) atoms. The third-order valence-corrected chi connectivity index (χ3v) is 3.86. The number of carbonyl (C=O) groups is 1. The maximum atomic E-state index is 12.4. The molecule has 0 aliphatic heterocycles. The number of carbonyl (C=O) groups excluding carboxylic acids is 1. The highest BCUT2D eigenvalue weighted by Crippen LogP contribution is 2.32. The number of nitro benzene ring substituents is 1. The molecule has 8 nitrogen and oxygen atoms in total. The Morgan fingerprint density at radius 1 is 1.23 bits per heavy atom. The zero-order valence-electron chi connectivity index (χ0n) is 13.5. The Bertz CT molecular complexity index is 969. The second-order valence-corrected chi connectivity index (χ2v) is 5.60. The number of halogens is 1. The molecule has 1 amide bonds. The smallest absolute Gasteiger partial charge is 0.276 e. The number of anilines is 1. The summed E-state index contributed by atoms with van der Waals surface area (Å²) >= 11 is 6.03. The lowest BCUT2D eigenvalue weighted by Gasteiger charge is -2.10. The summed E-state index contributed by atoms with van der Waals surface area (Å²) in [6, 6.07) is 12.4. The van der Waals surface area contributed by atoms with Gasteiger partial charge in [0.15, 0.2) is 11.4 Å². The van der Waals surface area contributed by atoms with Crippen LogP contribution >= 0.6 is 11.6 Å². The Morgan fingerprint density at radius 3 is 2.62 bits per heavy atom. The second-order valence-electron chi connectivity index (χ2n) is 5.19. The molecule has 0 spiro atoms. The normalized spacial score (nSPS) is 10.4. The molecule has 1 N–H and O–H groups in total. The summed E-state index contributed by atoms with van der Waals surface area (Å²) in [5, 5.41) is 18.0. The van der Waals surface area contributed by atoms with Gasteiger partial charge in [-0.25, -0.2) is 4.68 Å². The van der Waals surface area contributed by atoms with Crippen LogP contribution in [-0.4, -0.2) is 27.7 Å². The van der Waals surface area contributed by atoms with Gasteiger partial charge in [-0.2, -0.15) is 5.10 Å². The Morgan fingerprint density at radius 2 is 1.96 bits per heavy atom. The van der Waals surface area contributed by atoms with Gasteiger partial charge in [-0.3, -0.25) is 14.9 Å². The first-order valence-corrected chi connectivity index (χ1v) is 7.82. The van der Waals surface area contributed by atoms with Crippen molar-refractivity contribution in [1.29, 1.82) is 0 Å². The van der Waals surface area contributed by atoms with E-state index in [1.54, 1.807) is 36.5 Å². The molecule has 0 radical (unpaired) electrons. The summed E-state index contributed by atoms with van der Waals surface area (Å²) in [5.41, 5.74) is 1.17. The summed E-state index contributed by atoms with van der Waals surface area (Å²) in [4.78, 5) is 22.6. The van der Waals surface area contributed by atoms with E-state index in [1.165, 1.54) is 30.0 Å². The van der Waals surface area contributed by atoms with Crippen LogP contribution < -0.4 is 10.1 Å². The Hall–Kier alpha value is -3.39. The maximum absolute atomic E-state index is 12.4. The minimum absolute atomic E-state index is 0.0214. The van der Waals surface area contributed by atoms with E-state index in [1.807, 2.05) is 0 Å². The van der Waals surface area contributed by atoms with Crippen LogP contribution in [0.25, 0.3) is 5.69 Å². The van der Waals surface area contributed by atoms with Crippen molar-refractivity contribution in [1.82, 2.24) is 9.78 Å². The van der Waals surface area contributed by atoms with Crippen LogP contribution in [0, 0.1) is 10.1 Å². The van der Waals surface area contributed by atoms with Crippen LogP contribution in [0.4, 0.5) is 11.4 Å². The lowest BCUT2D eigenvalue weighted by atomic mass is 10.2. The third-order valence-electron chi connectivity index (χ3n) is 3.57. The van der Waals surface area contributed by atoms with Crippen molar-refractivity contribution in [2.24, 2.45) is 0 Å². The standard InChI is InChI=1S/C17H13ClN4O4/c1-26-16-13(18)3-2-4-14(16)19-17(23)15-9-10-21(20-15)11-5-7-12(8-6-11)22(24)25/h2-10H,1H3,(H,19,23). The van der Waals surface area contributed by atoms with Crippen molar-refractivity contribution in [2.75, 3.05) is 12.4 Å². The van der Waals surface area contributed by atoms with Gasteiger partial charge in [0.2, 0.25) is 0 Å². The molecular formula is C17H13ClN4O4. The average Bonchev–Trinajstić information content (AvgIpc) is 3.12. The van der Waals surface area contributed by atoms with Gasteiger partial charge >= 0.3 is 0 Å². The first kappa shape index (κ1) is 17.4. The summed E-state index contributed by atoms with van der Waals surface area (Å²) < 4.78 is 6.64. The fraction of sp³-hybridized carbons (Fsp3) is 0.0588. The van der Waals surface area contributed by atoms with E-state index in [2.05, 4.69) is 10.4 Å². The van der Waals surface area contributed by atoms with Gasteiger partial charge in [0.25, 0.3) is 11.6 Å². The van der Waals surface area contributed by atoms with Crippen molar-refractivity contribution in [3.63, 3.8) is 0 Å². The number of nitro groups is 1. The van der Waals surface area contributed by atoms with Gasteiger partial charge in [0.1, 0.15) is 0 Å². The molecule has 132 valence electrons. The zero-order chi connectivity index (χ0) is 18.7. The van der Waals surface area contributed by atoms with Gasteiger partial charge in [0.05, 0.1) is 28.4 Å². The van der Waals surface area contributed by atoms with E-state index in [0.29, 0.717) is 22.1 Å². The predicted octanol–water partition coefficient (Wildman–Crippen LogP) is 3.69. The molecular weight excluding hydrogens is 360 g/mol. The number of para-hydroxylation sites is 1. The average molecular weight is 373 g/mol. The van der Waals surface area contributed by atoms with Crippen LogP contribution in [0.3, 0.4) is 0 Å². The highest BCUT2D eigenvalue weighted by molar-refractivity contribution is 6.32. The van der Waals surface area contributed by atoms with E-state index in [9.17, 15) is 14.9 Å². The van der Waals surface area contributed by atoms with Crippen LogP contribution in [0.15, 0.2) is 54.7 Å². The molecule has 0 aliphatic carbocycles. The van der Waals surface area contributed by atoms with E-state index < -0.39 is 10.8 Å². The number of ether oxygens (including phenoxy) is 1. The number of nitrogens with one attached hydrogen (secondary N) is 1. The summed E-state index contributed by atoms with van der Waals surface area (Å²) in [6.07, 6.45) is 1.59. The molecule has 3 rings (SSSR count). The molecule has 2 aromatic carbocycles. The monoisotopic (exact) mass is 372 g/mol. The first-order chi connectivity index (χ1) is 12.5. The van der Waals surface area contributed by atoms with E-state index in [-0.39, 0.29) is 11.4 Å². The topological polar surface area (TPSA) is 99.3 Å². The number of methoxy groups -OCH3 is 1. The van der Waals surface area contributed by atoms with Crippen LogP contribution in [0.2, 0.25) is 5.02 Å². The van der Waals surface area contributed by atoms with Crippen LogP contribution in [0.1, 0.15) is 10.5 Å². The van der Waals surface area contributed by atoms with Gasteiger partial charge < -0.3 is 10.1 Å². The lowest BCUT2D eigenvalue weighted by molar-refractivity contribution is -0.384. The Labute approximate surface area is 153 Å². The highest BCUT2D eigenvalue weighted by atomic mass is 35.5. The number of nitrogens with zero attached hydrogens (tertiary/aromatic N) is 3.